The summed E-state index contributed by atoms with van der Waals surface area (Å²) in [4.78, 5) is 0. The summed E-state index contributed by atoms with van der Waals surface area (Å²) in [7, 11) is 0. The molecule has 0 nitrogen and oxygen atoms in total. The van der Waals surface area contributed by atoms with Crippen molar-refractivity contribution in [2.24, 2.45) is 0 Å². The van der Waals surface area contributed by atoms with Crippen molar-refractivity contribution in [1.29, 1.82) is 0 Å². The Hall–Kier alpha value is 3.50. The number of rotatable bonds is 12. The SMILES string of the molecule is SCSC(SCS)C(SCS)C(SCS)SCS. The van der Waals surface area contributed by atoms with Gasteiger partial charge in [0.25, 0.3) is 0 Å². The van der Waals surface area contributed by atoms with Crippen LogP contribution in [0.25, 0.3) is 0 Å². The van der Waals surface area contributed by atoms with E-state index in [1.165, 1.54) is 0 Å². The molecule has 0 N–H and O–H groups in total. The van der Waals surface area contributed by atoms with Crippen LogP contribution in [-0.2, 0) is 0 Å². The molecule has 0 aliphatic carbocycles. The summed E-state index contributed by atoms with van der Waals surface area (Å²) in [6, 6.07) is 0. The fourth-order valence-corrected chi connectivity index (χ4v) is 11.1. The third-order valence-electron chi connectivity index (χ3n) is 1.76. The Bertz CT molecular complexity index is 151. The van der Waals surface area contributed by atoms with E-state index in [9.17, 15) is 0 Å². The van der Waals surface area contributed by atoms with Crippen molar-refractivity contribution < 1.29 is 0 Å². The Morgan fingerprint density at radius 1 is 0.500 bits per heavy atom. The molecule has 0 radical (unpaired) electrons. The van der Waals surface area contributed by atoms with Gasteiger partial charge in [0.2, 0.25) is 0 Å². The van der Waals surface area contributed by atoms with E-state index in [0.29, 0.717) is 14.4 Å². The van der Waals surface area contributed by atoms with Crippen molar-refractivity contribution in [1.82, 2.24) is 0 Å². The summed E-state index contributed by atoms with van der Waals surface area (Å²) in [6.45, 7) is 0. The molecule has 0 saturated heterocycles. The molecule has 0 bridgehead atoms. The molecule has 0 aromatic heterocycles. The molecule has 0 aromatic rings. The van der Waals surface area contributed by atoms with Crippen LogP contribution in [0, 0.1) is 0 Å². The van der Waals surface area contributed by atoms with Crippen LogP contribution in [0.4, 0.5) is 0 Å². The zero-order chi connectivity index (χ0) is 13.8. The average molecular weight is 435 g/mol. The highest BCUT2D eigenvalue weighted by atomic mass is 32.2. The molecule has 0 rings (SSSR count). The highest BCUT2D eigenvalue weighted by Gasteiger charge is 2.30. The highest BCUT2D eigenvalue weighted by Crippen LogP contribution is 2.43. The molecule has 18 heavy (non-hydrogen) atoms. The van der Waals surface area contributed by atoms with Gasteiger partial charge in [-0.25, -0.2) is 0 Å². The first-order chi connectivity index (χ1) is 8.74. The Balaban J connectivity index is 4.69. The van der Waals surface area contributed by atoms with Crippen molar-refractivity contribution in [3.8, 4) is 0 Å². The lowest BCUT2D eigenvalue weighted by molar-refractivity contribution is 1.06. The molecule has 0 heterocycles. The minimum Gasteiger partial charge on any atom is -0.168 e. The van der Waals surface area contributed by atoms with Gasteiger partial charge in [-0.15, -0.1) is 58.8 Å². The summed E-state index contributed by atoms with van der Waals surface area (Å²) in [5, 5.41) is 4.67. The number of thioether (sulfide) groups is 5. The molecule has 0 aliphatic heterocycles. The zero-order valence-electron chi connectivity index (χ0n) is 9.54. The van der Waals surface area contributed by atoms with Crippen LogP contribution in [0.15, 0.2) is 0 Å². The standard InChI is InChI=1S/C8H18S10/c9-1-14-6(7(15-2-10)16-3-11)8(17-4-12)18-5-13/h6-13H,1-5H2. The van der Waals surface area contributed by atoms with Crippen molar-refractivity contribution >= 4 is 122 Å². The molecule has 0 aromatic carbocycles. The molecule has 0 atom stereocenters. The van der Waals surface area contributed by atoms with Crippen LogP contribution in [0.3, 0.4) is 0 Å². The molecule has 10 heteroatoms. The molecule has 0 amide bonds. The van der Waals surface area contributed by atoms with Gasteiger partial charge in [0, 0.05) is 30.7 Å². The van der Waals surface area contributed by atoms with Crippen molar-refractivity contribution in [2.45, 2.75) is 14.4 Å². The second kappa shape index (κ2) is 15.4. The van der Waals surface area contributed by atoms with Crippen molar-refractivity contribution in [2.75, 3.05) is 25.4 Å². The van der Waals surface area contributed by atoms with Gasteiger partial charge >= 0.3 is 0 Å². The van der Waals surface area contributed by atoms with Crippen LogP contribution in [-0.4, -0.2) is 39.8 Å². The Labute approximate surface area is 160 Å². The zero-order valence-corrected chi connectivity index (χ0v) is 18.1. The van der Waals surface area contributed by atoms with Gasteiger partial charge in [-0.3, -0.25) is 0 Å². The van der Waals surface area contributed by atoms with Gasteiger partial charge in [0.15, 0.2) is 0 Å². The average Bonchev–Trinajstić information content (AvgIpc) is 2.36. The van der Waals surface area contributed by atoms with Gasteiger partial charge in [0.05, 0.1) is 9.16 Å². The molecule has 0 unspecified atom stereocenters. The summed E-state index contributed by atoms with van der Waals surface area (Å²) in [6.07, 6.45) is 0. The first kappa shape index (κ1) is 21.5. The van der Waals surface area contributed by atoms with E-state index < -0.39 is 0 Å². The third-order valence-corrected chi connectivity index (χ3v) is 10.5. The van der Waals surface area contributed by atoms with Crippen LogP contribution in [0.5, 0.6) is 0 Å². The van der Waals surface area contributed by atoms with Gasteiger partial charge in [0.1, 0.15) is 0 Å². The monoisotopic (exact) mass is 434 g/mol. The summed E-state index contributed by atoms with van der Waals surface area (Å²) >= 11 is 31.1. The fourth-order valence-electron chi connectivity index (χ4n) is 1.14. The number of hydrogen-bond acceptors (Lipinski definition) is 10. The van der Waals surface area contributed by atoms with E-state index >= 15 is 0 Å². The Morgan fingerprint density at radius 2 is 0.778 bits per heavy atom. The summed E-state index contributed by atoms with van der Waals surface area (Å²) < 4.78 is 0.976. The predicted octanol–water partition coefficient (Wildman–Crippen LogP) is 5.11. The first-order valence-electron chi connectivity index (χ1n) is 4.87. The first-order valence-corrected chi connectivity index (χ1v) is 13.3. The maximum absolute atomic E-state index is 4.37. The van der Waals surface area contributed by atoms with E-state index in [4.69, 9.17) is 0 Å². The topological polar surface area (TPSA) is 0 Å². The van der Waals surface area contributed by atoms with Gasteiger partial charge in [-0.1, -0.05) is 0 Å². The van der Waals surface area contributed by atoms with Gasteiger partial charge in [-0.05, 0) is 0 Å². The maximum Gasteiger partial charge on any atom is 0.0656 e. The van der Waals surface area contributed by atoms with Crippen LogP contribution >= 0.6 is 122 Å². The lowest BCUT2D eigenvalue weighted by atomic mass is 10.5. The molecule has 0 aliphatic rings. The number of thiol groups is 5. The second-order valence-electron chi connectivity index (χ2n) is 2.68. The minimum atomic E-state index is 0.488. The Morgan fingerprint density at radius 3 is 1.00 bits per heavy atom. The normalized spacial score (nSPS) is 12.0. The van der Waals surface area contributed by atoms with Crippen molar-refractivity contribution in [3.63, 3.8) is 0 Å². The van der Waals surface area contributed by atoms with E-state index in [1.807, 2.05) is 58.8 Å². The lowest BCUT2D eigenvalue weighted by Gasteiger charge is -2.30. The van der Waals surface area contributed by atoms with E-state index in [-0.39, 0.29) is 0 Å². The quantitative estimate of drug-likeness (QED) is 0.213. The van der Waals surface area contributed by atoms with Crippen LogP contribution in [0.1, 0.15) is 0 Å². The van der Waals surface area contributed by atoms with Crippen LogP contribution in [0.2, 0.25) is 0 Å². The Kier molecular flexibility index (Phi) is 18.4. The number of hydrogen-bond donors (Lipinski definition) is 5. The van der Waals surface area contributed by atoms with Gasteiger partial charge in [-0.2, -0.15) is 63.1 Å². The van der Waals surface area contributed by atoms with E-state index in [1.54, 1.807) is 0 Å². The van der Waals surface area contributed by atoms with Crippen molar-refractivity contribution in [3.05, 3.63) is 0 Å². The van der Waals surface area contributed by atoms with E-state index in [2.05, 4.69) is 63.1 Å². The highest BCUT2D eigenvalue weighted by molar-refractivity contribution is 8.26. The predicted molar refractivity (Wildman–Crippen MR) is 119 cm³/mol. The third kappa shape index (κ3) is 9.50. The second-order valence-corrected chi connectivity index (χ2v) is 12.7. The fraction of sp³-hybridized carbons (Fsp3) is 1.00. The lowest BCUT2D eigenvalue weighted by Crippen LogP contribution is -2.27. The molecule has 0 fully saturated rings. The largest absolute Gasteiger partial charge is 0.168 e. The minimum absolute atomic E-state index is 0.488. The summed E-state index contributed by atoms with van der Waals surface area (Å²) in [5.74, 6) is 0. The van der Waals surface area contributed by atoms with Crippen LogP contribution < -0.4 is 0 Å². The van der Waals surface area contributed by atoms with Gasteiger partial charge < -0.3 is 0 Å². The molecular formula is C8H18S10. The molecule has 110 valence electrons. The molecular weight excluding hydrogens is 417 g/mol. The smallest absolute Gasteiger partial charge is 0.0656 e. The summed E-state index contributed by atoms with van der Waals surface area (Å²) in [5.41, 5.74) is 0. The van der Waals surface area contributed by atoms with E-state index in [0.717, 1.165) is 25.4 Å². The molecule has 0 saturated carbocycles. The molecule has 0 spiro atoms. The maximum atomic E-state index is 4.37.